The number of fused-ring (bicyclic) bond motifs is 1. The van der Waals surface area contributed by atoms with Crippen molar-refractivity contribution in [2.75, 3.05) is 4.72 Å². The van der Waals surface area contributed by atoms with Crippen LogP contribution in [-0.2, 0) is 10.0 Å². The highest BCUT2D eigenvalue weighted by atomic mass is 35.5. The fourth-order valence-electron chi connectivity index (χ4n) is 2.02. The molecular formula is C12H10ClN3O3S. The number of hydrogen-bond acceptors (Lipinski definition) is 5. The predicted octanol–water partition coefficient (Wildman–Crippen LogP) is 2.62. The number of hydrogen-bond donors (Lipinski definition) is 1. The van der Waals surface area contributed by atoms with Crippen molar-refractivity contribution in [3.63, 3.8) is 0 Å². The van der Waals surface area contributed by atoms with Crippen LogP contribution in [0.1, 0.15) is 23.1 Å². The standard InChI is InChI=1S/C12H10ClN3O3S/c13-8-3-1-4-9(7-8)16-20(17,18)11-6-2-5-10-12(11)15-19-14-10/h1-5,7,11,16H,6H2. The molecule has 1 N–H and O–H groups in total. The minimum Gasteiger partial charge on any atom is -0.283 e. The van der Waals surface area contributed by atoms with Crippen LogP contribution in [0.15, 0.2) is 35.0 Å². The number of nitrogens with one attached hydrogen (secondary N) is 1. The first-order valence-corrected chi connectivity index (χ1v) is 7.75. The number of sulfonamides is 1. The van der Waals surface area contributed by atoms with Gasteiger partial charge in [-0.15, -0.1) is 0 Å². The summed E-state index contributed by atoms with van der Waals surface area (Å²) in [4.78, 5) is 0. The summed E-state index contributed by atoms with van der Waals surface area (Å²) in [6, 6.07) is 6.51. The molecule has 1 heterocycles. The predicted molar refractivity (Wildman–Crippen MR) is 74.7 cm³/mol. The van der Waals surface area contributed by atoms with Crippen LogP contribution in [0, 0.1) is 0 Å². The molecule has 1 aromatic heterocycles. The lowest BCUT2D eigenvalue weighted by atomic mass is 10.1. The van der Waals surface area contributed by atoms with E-state index in [-0.39, 0.29) is 0 Å². The molecule has 0 fully saturated rings. The van der Waals surface area contributed by atoms with Crippen molar-refractivity contribution in [1.82, 2.24) is 10.3 Å². The molecule has 0 radical (unpaired) electrons. The Morgan fingerprint density at radius 2 is 2.20 bits per heavy atom. The Balaban J connectivity index is 1.92. The van der Waals surface area contributed by atoms with E-state index >= 15 is 0 Å². The molecular weight excluding hydrogens is 302 g/mol. The molecule has 0 aliphatic heterocycles. The van der Waals surface area contributed by atoms with Crippen LogP contribution in [0.5, 0.6) is 0 Å². The third-order valence-electron chi connectivity index (χ3n) is 2.93. The molecule has 6 nitrogen and oxygen atoms in total. The van der Waals surface area contributed by atoms with Gasteiger partial charge in [-0.2, -0.15) is 0 Å². The van der Waals surface area contributed by atoms with Gasteiger partial charge in [0.15, 0.2) is 0 Å². The van der Waals surface area contributed by atoms with Crippen molar-refractivity contribution < 1.29 is 13.0 Å². The second-order valence-electron chi connectivity index (χ2n) is 4.32. The maximum absolute atomic E-state index is 12.4. The molecule has 0 saturated carbocycles. The number of aromatic nitrogens is 2. The van der Waals surface area contributed by atoms with Crippen molar-refractivity contribution in [2.24, 2.45) is 0 Å². The maximum atomic E-state index is 12.4. The van der Waals surface area contributed by atoms with Gasteiger partial charge in [-0.3, -0.25) is 4.72 Å². The first-order chi connectivity index (χ1) is 9.56. The monoisotopic (exact) mass is 311 g/mol. The zero-order valence-electron chi connectivity index (χ0n) is 10.2. The number of benzene rings is 1. The molecule has 0 spiro atoms. The second-order valence-corrected chi connectivity index (χ2v) is 6.62. The van der Waals surface area contributed by atoms with E-state index in [2.05, 4.69) is 19.7 Å². The molecule has 8 heteroatoms. The molecule has 1 aliphatic carbocycles. The molecule has 1 atom stereocenters. The first kappa shape index (κ1) is 13.1. The third kappa shape index (κ3) is 2.41. The molecule has 0 saturated heterocycles. The van der Waals surface area contributed by atoms with Crippen LogP contribution in [0.4, 0.5) is 5.69 Å². The summed E-state index contributed by atoms with van der Waals surface area (Å²) in [7, 11) is -3.66. The minimum atomic E-state index is -3.66. The normalized spacial score (nSPS) is 17.8. The van der Waals surface area contributed by atoms with E-state index in [1.165, 1.54) is 0 Å². The van der Waals surface area contributed by atoms with Gasteiger partial charge in [0, 0.05) is 10.7 Å². The topological polar surface area (TPSA) is 85.1 Å². The molecule has 1 aliphatic rings. The summed E-state index contributed by atoms with van der Waals surface area (Å²) in [5.41, 5.74) is 1.17. The molecule has 2 aromatic rings. The van der Waals surface area contributed by atoms with Gasteiger partial charge in [-0.05, 0) is 30.7 Å². The highest BCUT2D eigenvalue weighted by molar-refractivity contribution is 7.92. The number of nitrogens with zero attached hydrogens (tertiary/aromatic N) is 2. The SMILES string of the molecule is O=S(=O)(Nc1cccc(Cl)c1)C1CC=Cc2nonc21. The van der Waals surface area contributed by atoms with E-state index in [1.807, 2.05) is 0 Å². The summed E-state index contributed by atoms with van der Waals surface area (Å²) in [5, 5.41) is 6.97. The van der Waals surface area contributed by atoms with E-state index in [4.69, 9.17) is 11.6 Å². The molecule has 3 rings (SSSR count). The summed E-state index contributed by atoms with van der Waals surface area (Å²) < 4.78 is 32.0. The maximum Gasteiger partial charge on any atom is 0.241 e. The van der Waals surface area contributed by atoms with E-state index < -0.39 is 15.3 Å². The Kier molecular flexibility index (Phi) is 3.23. The van der Waals surface area contributed by atoms with Crippen molar-refractivity contribution in [3.05, 3.63) is 46.8 Å². The van der Waals surface area contributed by atoms with E-state index in [9.17, 15) is 8.42 Å². The van der Waals surface area contributed by atoms with Crippen LogP contribution in [-0.4, -0.2) is 18.7 Å². The highest BCUT2D eigenvalue weighted by Crippen LogP contribution is 2.33. The molecule has 0 amide bonds. The lowest BCUT2D eigenvalue weighted by Crippen LogP contribution is -2.23. The summed E-state index contributed by atoms with van der Waals surface area (Å²) in [6.45, 7) is 0. The number of allylic oxidation sites excluding steroid dienone is 1. The van der Waals surface area contributed by atoms with Crippen molar-refractivity contribution >= 4 is 33.4 Å². The largest absolute Gasteiger partial charge is 0.283 e. The fourth-order valence-corrected chi connectivity index (χ4v) is 3.63. The van der Waals surface area contributed by atoms with Crippen LogP contribution in [0.2, 0.25) is 5.02 Å². The van der Waals surface area contributed by atoms with E-state index in [0.717, 1.165) is 0 Å². The first-order valence-electron chi connectivity index (χ1n) is 5.82. The minimum absolute atomic E-state index is 0.317. The summed E-state index contributed by atoms with van der Waals surface area (Å²) in [6.07, 6.45) is 3.74. The van der Waals surface area contributed by atoms with E-state index in [1.54, 1.807) is 36.4 Å². The summed E-state index contributed by atoms with van der Waals surface area (Å²) >= 11 is 5.84. The quantitative estimate of drug-likeness (QED) is 0.941. The zero-order chi connectivity index (χ0) is 14.2. The van der Waals surface area contributed by atoms with Crippen LogP contribution < -0.4 is 4.72 Å². The molecule has 20 heavy (non-hydrogen) atoms. The lowest BCUT2D eigenvalue weighted by molar-refractivity contribution is 0.302. The summed E-state index contributed by atoms with van der Waals surface area (Å²) in [5.74, 6) is 0. The average molecular weight is 312 g/mol. The van der Waals surface area contributed by atoms with Gasteiger partial charge in [-0.25, -0.2) is 13.0 Å². The lowest BCUT2D eigenvalue weighted by Gasteiger charge is -2.17. The van der Waals surface area contributed by atoms with Crippen molar-refractivity contribution in [1.29, 1.82) is 0 Å². The van der Waals surface area contributed by atoms with Gasteiger partial charge in [-0.1, -0.05) is 34.1 Å². The number of anilines is 1. The zero-order valence-corrected chi connectivity index (χ0v) is 11.7. The molecule has 104 valence electrons. The Hall–Kier alpha value is -1.86. The number of halogens is 1. The molecule has 1 unspecified atom stereocenters. The van der Waals surface area contributed by atoms with Gasteiger partial charge >= 0.3 is 0 Å². The average Bonchev–Trinajstić information content (AvgIpc) is 2.85. The Labute approximate surface area is 120 Å². The van der Waals surface area contributed by atoms with Crippen LogP contribution in [0.3, 0.4) is 0 Å². The Morgan fingerprint density at radius 3 is 3.00 bits per heavy atom. The smallest absolute Gasteiger partial charge is 0.241 e. The third-order valence-corrected chi connectivity index (χ3v) is 4.85. The van der Waals surface area contributed by atoms with Crippen molar-refractivity contribution in [3.8, 4) is 0 Å². The van der Waals surface area contributed by atoms with Gasteiger partial charge in [0.25, 0.3) is 0 Å². The van der Waals surface area contributed by atoms with Gasteiger partial charge in [0.1, 0.15) is 16.6 Å². The van der Waals surface area contributed by atoms with Gasteiger partial charge < -0.3 is 0 Å². The van der Waals surface area contributed by atoms with Crippen molar-refractivity contribution in [2.45, 2.75) is 11.7 Å². The fraction of sp³-hybridized carbons (Fsp3) is 0.167. The van der Waals surface area contributed by atoms with Gasteiger partial charge in [0.05, 0.1) is 0 Å². The Bertz CT molecular complexity index is 770. The highest BCUT2D eigenvalue weighted by Gasteiger charge is 2.33. The molecule has 0 bridgehead atoms. The Morgan fingerprint density at radius 1 is 1.35 bits per heavy atom. The second kappa shape index (κ2) is 4.92. The van der Waals surface area contributed by atoms with E-state index in [0.29, 0.717) is 28.5 Å². The van der Waals surface area contributed by atoms with Gasteiger partial charge in [0.2, 0.25) is 10.0 Å². The van der Waals surface area contributed by atoms with Crippen LogP contribution >= 0.6 is 11.6 Å². The molecule has 1 aromatic carbocycles. The van der Waals surface area contributed by atoms with Crippen LogP contribution in [0.25, 0.3) is 6.08 Å². The number of rotatable bonds is 3.